The summed E-state index contributed by atoms with van der Waals surface area (Å²) in [6, 6.07) is 15.5. The fourth-order valence-electron chi connectivity index (χ4n) is 2.79. The number of esters is 1. The molecule has 3 rings (SSSR count). The standard InChI is InChI=1S/C22H21ClN2O3/c1-3-8-19(22(26)27-4-2)25-24-14-17-12-18(23)11-16-13-20(28-21(16)17)15-9-6-5-7-10-15/h3,5-13,24H,4,14H2,1-2H3/b8-3+,25-19+. The van der Waals surface area contributed by atoms with Gasteiger partial charge in [0.1, 0.15) is 11.3 Å². The lowest BCUT2D eigenvalue weighted by molar-refractivity contribution is -0.134. The molecule has 0 spiro atoms. The van der Waals surface area contributed by atoms with E-state index in [1.165, 1.54) is 0 Å². The van der Waals surface area contributed by atoms with Gasteiger partial charge in [0.25, 0.3) is 0 Å². The molecule has 0 amide bonds. The molecule has 0 aliphatic carbocycles. The largest absolute Gasteiger partial charge is 0.461 e. The maximum absolute atomic E-state index is 11.9. The predicted octanol–water partition coefficient (Wildman–Crippen LogP) is 5.34. The molecule has 0 saturated carbocycles. The SMILES string of the molecule is C/C=C/C(=N\NCc1cc(Cl)cc2cc(-c3ccccc3)oc12)C(=O)OCC. The van der Waals surface area contributed by atoms with Crippen molar-refractivity contribution in [3.05, 3.63) is 71.3 Å². The number of nitrogens with one attached hydrogen (secondary N) is 1. The van der Waals surface area contributed by atoms with Gasteiger partial charge in [0.15, 0.2) is 5.71 Å². The number of hydrazone groups is 1. The van der Waals surface area contributed by atoms with Crippen molar-refractivity contribution in [1.29, 1.82) is 0 Å². The molecule has 0 bridgehead atoms. The number of carbonyl (C=O) groups excluding carboxylic acids is 1. The van der Waals surface area contributed by atoms with Gasteiger partial charge in [-0.1, -0.05) is 48.0 Å². The lowest BCUT2D eigenvalue weighted by atomic mass is 10.1. The third kappa shape index (κ3) is 4.61. The molecule has 6 heteroatoms. The van der Waals surface area contributed by atoms with Gasteiger partial charge < -0.3 is 14.6 Å². The number of benzene rings is 2. The minimum absolute atomic E-state index is 0.201. The Hall–Kier alpha value is -3.05. The number of halogens is 1. The summed E-state index contributed by atoms with van der Waals surface area (Å²) in [7, 11) is 0. The predicted molar refractivity (Wildman–Crippen MR) is 112 cm³/mol. The third-order valence-corrected chi connectivity index (χ3v) is 4.21. The van der Waals surface area contributed by atoms with Crippen molar-refractivity contribution in [2.45, 2.75) is 20.4 Å². The summed E-state index contributed by atoms with van der Waals surface area (Å²) in [5.41, 5.74) is 5.68. The zero-order valence-electron chi connectivity index (χ0n) is 15.7. The van der Waals surface area contributed by atoms with Crippen LogP contribution >= 0.6 is 11.6 Å². The number of rotatable bonds is 7. The molecular formula is C22H21ClN2O3. The molecule has 2 aromatic carbocycles. The first kappa shape index (κ1) is 19.7. The van der Waals surface area contributed by atoms with E-state index in [0.717, 1.165) is 27.9 Å². The van der Waals surface area contributed by atoms with Gasteiger partial charge in [-0.25, -0.2) is 4.79 Å². The molecule has 0 aliphatic heterocycles. The average Bonchev–Trinajstić information content (AvgIpc) is 3.12. The van der Waals surface area contributed by atoms with Crippen LogP contribution in [-0.2, 0) is 16.1 Å². The highest BCUT2D eigenvalue weighted by atomic mass is 35.5. The first-order chi connectivity index (χ1) is 13.6. The highest BCUT2D eigenvalue weighted by Gasteiger charge is 2.12. The van der Waals surface area contributed by atoms with Crippen LogP contribution in [-0.4, -0.2) is 18.3 Å². The Kier molecular flexibility index (Phi) is 6.50. The molecule has 0 atom stereocenters. The van der Waals surface area contributed by atoms with Gasteiger partial charge >= 0.3 is 5.97 Å². The molecule has 0 saturated heterocycles. The lowest BCUT2D eigenvalue weighted by Gasteiger charge is -2.05. The second kappa shape index (κ2) is 9.24. The van der Waals surface area contributed by atoms with Crippen LogP contribution in [0.5, 0.6) is 0 Å². The first-order valence-electron chi connectivity index (χ1n) is 9.00. The highest BCUT2D eigenvalue weighted by molar-refractivity contribution is 6.41. The van der Waals surface area contributed by atoms with Gasteiger partial charge in [-0.15, -0.1) is 0 Å². The van der Waals surface area contributed by atoms with E-state index < -0.39 is 5.97 Å². The fraction of sp³-hybridized carbons (Fsp3) is 0.182. The molecule has 5 nitrogen and oxygen atoms in total. The molecular weight excluding hydrogens is 376 g/mol. The molecule has 0 aliphatic rings. The van der Waals surface area contributed by atoms with Crippen LogP contribution in [0.25, 0.3) is 22.3 Å². The topological polar surface area (TPSA) is 63.8 Å². The lowest BCUT2D eigenvalue weighted by Crippen LogP contribution is -2.19. The molecule has 1 aromatic heterocycles. The molecule has 3 aromatic rings. The molecule has 1 heterocycles. The number of hydrogen-bond donors (Lipinski definition) is 1. The normalized spacial score (nSPS) is 11.9. The Morgan fingerprint density at radius 1 is 1.25 bits per heavy atom. The number of hydrogen-bond acceptors (Lipinski definition) is 5. The van der Waals surface area contributed by atoms with Gasteiger partial charge in [-0.3, -0.25) is 0 Å². The smallest absolute Gasteiger partial charge is 0.358 e. The molecule has 28 heavy (non-hydrogen) atoms. The van der Waals surface area contributed by atoms with Crippen LogP contribution in [0.1, 0.15) is 19.4 Å². The second-order valence-corrected chi connectivity index (χ2v) is 6.45. The van der Waals surface area contributed by atoms with Gasteiger partial charge in [-0.2, -0.15) is 5.10 Å². The number of carbonyl (C=O) groups is 1. The molecule has 1 N–H and O–H groups in total. The quantitative estimate of drug-likeness (QED) is 0.332. The minimum Gasteiger partial charge on any atom is -0.461 e. The van der Waals surface area contributed by atoms with E-state index in [4.69, 9.17) is 20.8 Å². The molecule has 0 radical (unpaired) electrons. The average molecular weight is 397 g/mol. The summed E-state index contributed by atoms with van der Waals surface area (Å²) in [5.74, 6) is 0.289. The van der Waals surface area contributed by atoms with Gasteiger partial charge in [0.05, 0.1) is 13.2 Å². The number of nitrogens with zero attached hydrogens (tertiary/aromatic N) is 1. The van der Waals surface area contributed by atoms with Crippen LogP contribution in [0.2, 0.25) is 5.02 Å². The molecule has 0 fully saturated rings. The summed E-state index contributed by atoms with van der Waals surface area (Å²) >= 11 is 6.27. The number of fused-ring (bicyclic) bond motifs is 1. The van der Waals surface area contributed by atoms with Crippen molar-refractivity contribution in [2.24, 2.45) is 5.10 Å². The van der Waals surface area contributed by atoms with E-state index in [9.17, 15) is 4.79 Å². The van der Waals surface area contributed by atoms with Crippen molar-refractivity contribution < 1.29 is 13.9 Å². The summed E-state index contributed by atoms with van der Waals surface area (Å²) < 4.78 is 11.1. The summed E-state index contributed by atoms with van der Waals surface area (Å²) in [6.45, 7) is 4.20. The maximum atomic E-state index is 11.9. The van der Waals surface area contributed by atoms with Crippen LogP contribution in [0.3, 0.4) is 0 Å². The Labute approximate surface area is 168 Å². The summed E-state index contributed by atoms with van der Waals surface area (Å²) in [5, 5.41) is 5.66. The monoisotopic (exact) mass is 396 g/mol. The molecule has 144 valence electrons. The molecule has 0 unspecified atom stereocenters. The van der Waals surface area contributed by atoms with E-state index in [1.54, 1.807) is 19.1 Å². The Morgan fingerprint density at radius 2 is 2.04 bits per heavy atom. The Bertz CT molecular complexity index is 1020. The van der Waals surface area contributed by atoms with Crippen molar-refractivity contribution in [3.8, 4) is 11.3 Å². The van der Waals surface area contributed by atoms with E-state index >= 15 is 0 Å². The number of furan rings is 1. The fourth-order valence-corrected chi connectivity index (χ4v) is 3.03. The minimum atomic E-state index is -0.478. The van der Waals surface area contributed by atoms with E-state index in [1.807, 2.05) is 55.5 Å². The zero-order valence-corrected chi connectivity index (χ0v) is 16.5. The zero-order chi connectivity index (χ0) is 19.9. The van der Waals surface area contributed by atoms with Crippen molar-refractivity contribution in [1.82, 2.24) is 5.43 Å². The van der Waals surface area contributed by atoms with Gasteiger partial charge in [0.2, 0.25) is 0 Å². The van der Waals surface area contributed by atoms with Crippen LogP contribution in [0.4, 0.5) is 0 Å². The van der Waals surface area contributed by atoms with E-state index in [-0.39, 0.29) is 5.71 Å². The maximum Gasteiger partial charge on any atom is 0.358 e. The van der Waals surface area contributed by atoms with E-state index in [2.05, 4.69) is 10.5 Å². The third-order valence-electron chi connectivity index (χ3n) is 3.99. The summed E-state index contributed by atoms with van der Waals surface area (Å²) in [6.07, 6.45) is 3.33. The van der Waals surface area contributed by atoms with Crippen molar-refractivity contribution in [3.63, 3.8) is 0 Å². The van der Waals surface area contributed by atoms with Crippen LogP contribution < -0.4 is 5.43 Å². The van der Waals surface area contributed by atoms with Crippen molar-refractivity contribution in [2.75, 3.05) is 6.61 Å². The second-order valence-electron chi connectivity index (χ2n) is 6.01. The van der Waals surface area contributed by atoms with Crippen molar-refractivity contribution >= 4 is 34.3 Å². The number of ether oxygens (including phenoxy) is 1. The first-order valence-corrected chi connectivity index (χ1v) is 9.38. The Balaban J connectivity index is 1.87. The van der Waals surface area contributed by atoms with Crippen LogP contribution in [0, 0.1) is 0 Å². The number of allylic oxidation sites excluding steroid dienone is 1. The Morgan fingerprint density at radius 3 is 2.75 bits per heavy atom. The van der Waals surface area contributed by atoms with Crippen LogP contribution in [0.15, 0.2) is 70.2 Å². The van der Waals surface area contributed by atoms with Gasteiger partial charge in [-0.05, 0) is 38.1 Å². The highest BCUT2D eigenvalue weighted by Crippen LogP contribution is 2.32. The van der Waals surface area contributed by atoms with E-state index in [0.29, 0.717) is 18.2 Å². The summed E-state index contributed by atoms with van der Waals surface area (Å²) in [4.78, 5) is 11.9. The van der Waals surface area contributed by atoms with Gasteiger partial charge in [0, 0.05) is 21.5 Å².